The summed E-state index contributed by atoms with van der Waals surface area (Å²) in [7, 11) is 0. The van der Waals surface area contributed by atoms with E-state index in [1.165, 1.54) is 6.92 Å². The highest BCUT2D eigenvalue weighted by molar-refractivity contribution is 6.36. The van der Waals surface area contributed by atoms with Gasteiger partial charge in [-0.15, -0.1) is 0 Å². The second kappa shape index (κ2) is 6.45. The van der Waals surface area contributed by atoms with Gasteiger partial charge in [0.05, 0.1) is 23.4 Å². The standard InChI is InChI=1S/C13H14ClN3O4/c1-7(18)8-5-10(14)9-6-16-17-11(9)12(8)21-4-2-3-15-13(19)20/h5-6,15H,2-4H2,1H3,(H,16,17)(H,19,20). The molecule has 0 unspecified atom stereocenters. The number of rotatable bonds is 6. The number of ketones is 1. The van der Waals surface area contributed by atoms with Crippen molar-refractivity contribution in [3.8, 4) is 5.75 Å². The number of nitrogens with one attached hydrogen (secondary N) is 2. The Bertz CT molecular complexity index is 683. The molecule has 0 fully saturated rings. The van der Waals surface area contributed by atoms with Gasteiger partial charge < -0.3 is 15.2 Å². The number of hydrogen-bond donors (Lipinski definition) is 3. The lowest BCUT2D eigenvalue weighted by Gasteiger charge is -2.11. The molecule has 0 bridgehead atoms. The molecular formula is C13H14ClN3O4. The van der Waals surface area contributed by atoms with Crippen molar-refractivity contribution in [2.45, 2.75) is 13.3 Å². The van der Waals surface area contributed by atoms with Gasteiger partial charge in [-0.05, 0) is 19.4 Å². The summed E-state index contributed by atoms with van der Waals surface area (Å²) in [4.78, 5) is 22.0. The first-order valence-corrected chi connectivity index (χ1v) is 6.64. The van der Waals surface area contributed by atoms with Gasteiger partial charge in [-0.2, -0.15) is 5.10 Å². The zero-order valence-corrected chi connectivity index (χ0v) is 12.0. The summed E-state index contributed by atoms with van der Waals surface area (Å²) in [5, 5.41) is 18.5. The van der Waals surface area contributed by atoms with Crippen LogP contribution in [0.3, 0.4) is 0 Å². The minimum atomic E-state index is -1.08. The maximum Gasteiger partial charge on any atom is 0.404 e. The Hall–Kier alpha value is -2.28. The summed E-state index contributed by atoms with van der Waals surface area (Å²) in [5.74, 6) is 0.210. The molecule has 7 nitrogen and oxygen atoms in total. The smallest absolute Gasteiger partial charge is 0.404 e. The van der Waals surface area contributed by atoms with E-state index in [0.29, 0.717) is 33.7 Å². The number of ether oxygens (including phenoxy) is 1. The third kappa shape index (κ3) is 3.43. The lowest BCUT2D eigenvalue weighted by atomic mass is 10.1. The minimum Gasteiger partial charge on any atom is -0.490 e. The Kier molecular flexibility index (Phi) is 4.64. The Balaban J connectivity index is 2.19. The van der Waals surface area contributed by atoms with Crippen molar-refractivity contribution >= 4 is 34.4 Å². The van der Waals surface area contributed by atoms with Crippen molar-refractivity contribution in [1.82, 2.24) is 15.5 Å². The number of hydrogen-bond acceptors (Lipinski definition) is 4. The third-order valence-corrected chi connectivity index (χ3v) is 3.18. The fraction of sp³-hybridized carbons (Fsp3) is 0.308. The number of carboxylic acid groups (broad SMARTS) is 1. The van der Waals surface area contributed by atoms with Crippen molar-refractivity contribution in [2.24, 2.45) is 0 Å². The van der Waals surface area contributed by atoms with E-state index in [4.69, 9.17) is 21.4 Å². The summed E-state index contributed by atoms with van der Waals surface area (Å²) >= 11 is 6.10. The molecule has 1 aromatic heterocycles. The molecule has 112 valence electrons. The van der Waals surface area contributed by atoms with E-state index in [1.807, 2.05) is 0 Å². The first-order valence-electron chi connectivity index (χ1n) is 6.27. The van der Waals surface area contributed by atoms with E-state index in [1.54, 1.807) is 12.3 Å². The molecule has 2 rings (SSSR count). The van der Waals surface area contributed by atoms with Crippen molar-refractivity contribution in [3.05, 3.63) is 22.8 Å². The Morgan fingerprint density at radius 3 is 2.95 bits per heavy atom. The van der Waals surface area contributed by atoms with E-state index in [-0.39, 0.29) is 18.9 Å². The van der Waals surface area contributed by atoms with Crippen LogP contribution in [-0.4, -0.2) is 40.3 Å². The highest BCUT2D eigenvalue weighted by atomic mass is 35.5. The second-order valence-corrected chi connectivity index (χ2v) is 4.79. The number of carbonyl (C=O) groups is 2. The molecule has 2 aromatic rings. The van der Waals surface area contributed by atoms with Crippen molar-refractivity contribution in [2.75, 3.05) is 13.2 Å². The number of Topliss-reactive ketones (excluding diaryl/α,β-unsaturated/α-hetero) is 1. The molecule has 1 aromatic carbocycles. The molecule has 1 amide bonds. The van der Waals surface area contributed by atoms with Crippen LogP contribution >= 0.6 is 11.6 Å². The molecule has 21 heavy (non-hydrogen) atoms. The average Bonchev–Trinajstić information content (AvgIpc) is 2.89. The Morgan fingerprint density at radius 2 is 2.29 bits per heavy atom. The number of nitrogens with zero attached hydrogens (tertiary/aromatic N) is 1. The first kappa shape index (κ1) is 15.1. The van der Waals surface area contributed by atoms with Crippen LogP contribution in [0.4, 0.5) is 4.79 Å². The molecule has 3 N–H and O–H groups in total. The summed E-state index contributed by atoms with van der Waals surface area (Å²) < 4.78 is 5.62. The highest BCUT2D eigenvalue weighted by Gasteiger charge is 2.17. The highest BCUT2D eigenvalue weighted by Crippen LogP contribution is 2.34. The number of fused-ring (bicyclic) bond motifs is 1. The SMILES string of the molecule is CC(=O)c1cc(Cl)c2cn[nH]c2c1OCCCNC(=O)O. The van der Waals surface area contributed by atoms with E-state index in [0.717, 1.165) is 0 Å². The number of amides is 1. The van der Waals surface area contributed by atoms with Crippen LogP contribution in [-0.2, 0) is 0 Å². The number of aromatic amines is 1. The van der Waals surface area contributed by atoms with E-state index in [9.17, 15) is 9.59 Å². The van der Waals surface area contributed by atoms with Gasteiger partial charge in [0.15, 0.2) is 11.5 Å². The molecule has 0 atom stereocenters. The second-order valence-electron chi connectivity index (χ2n) is 4.38. The third-order valence-electron chi connectivity index (χ3n) is 2.86. The number of carbonyl (C=O) groups excluding carboxylic acids is 1. The molecule has 0 aliphatic rings. The fourth-order valence-electron chi connectivity index (χ4n) is 1.90. The number of aromatic nitrogens is 2. The van der Waals surface area contributed by atoms with Gasteiger partial charge in [-0.25, -0.2) is 4.79 Å². The molecule has 0 radical (unpaired) electrons. The van der Waals surface area contributed by atoms with Crippen LogP contribution < -0.4 is 10.1 Å². The Morgan fingerprint density at radius 1 is 1.52 bits per heavy atom. The van der Waals surface area contributed by atoms with Crippen LogP contribution in [0.1, 0.15) is 23.7 Å². The topological polar surface area (TPSA) is 104 Å². The summed E-state index contributed by atoms with van der Waals surface area (Å²) in [6, 6.07) is 1.55. The van der Waals surface area contributed by atoms with Gasteiger partial charge >= 0.3 is 6.09 Å². The van der Waals surface area contributed by atoms with Crippen LogP contribution in [0, 0.1) is 0 Å². The predicted octanol–water partition coefficient (Wildman–Crippen LogP) is 2.46. The van der Waals surface area contributed by atoms with Gasteiger partial charge in [0, 0.05) is 11.9 Å². The van der Waals surface area contributed by atoms with Crippen LogP contribution in [0.2, 0.25) is 5.02 Å². The maximum absolute atomic E-state index is 11.7. The quantitative estimate of drug-likeness (QED) is 0.561. The minimum absolute atomic E-state index is 0.174. The molecule has 0 spiro atoms. The van der Waals surface area contributed by atoms with E-state index < -0.39 is 6.09 Å². The van der Waals surface area contributed by atoms with Crippen molar-refractivity contribution < 1.29 is 19.4 Å². The van der Waals surface area contributed by atoms with Gasteiger partial charge in [-0.3, -0.25) is 9.89 Å². The molecule has 0 aliphatic heterocycles. The first-order chi connectivity index (χ1) is 10.0. The number of benzene rings is 1. The lowest BCUT2D eigenvalue weighted by molar-refractivity contribution is 0.101. The van der Waals surface area contributed by atoms with Gasteiger partial charge in [0.1, 0.15) is 5.52 Å². The summed E-state index contributed by atoms with van der Waals surface area (Å²) in [6.45, 7) is 1.95. The summed E-state index contributed by atoms with van der Waals surface area (Å²) in [5.41, 5.74) is 0.918. The molecule has 0 saturated carbocycles. The number of halogens is 1. The van der Waals surface area contributed by atoms with Crippen LogP contribution in [0.15, 0.2) is 12.3 Å². The molecule has 8 heteroatoms. The summed E-state index contributed by atoms with van der Waals surface area (Å²) in [6.07, 6.45) is 0.948. The largest absolute Gasteiger partial charge is 0.490 e. The maximum atomic E-state index is 11.7. The van der Waals surface area contributed by atoms with Gasteiger partial charge in [-0.1, -0.05) is 11.6 Å². The van der Waals surface area contributed by atoms with Gasteiger partial charge in [0.25, 0.3) is 0 Å². The van der Waals surface area contributed by atoms with Crippen molar-refractivity contribution in [3.63, 3.8) is 0 Å². The van der Waals surface area contributed by atoms with Crippen LogP contribution in [0.25, 0.3) is 10.9 Å². The van der Waals surface area contributed by atoms with E-state index >= 15 is 0 Å². The zero-order chi connectivity index (χ0) is 15.4. The molecule has 1 heterocycles. The van der Waals surface area contributed by atoms with Crippen LogP contribution in [0.5, 0.6) is 5.75 Å². The molecular weight excluding hydrogens is 298 g/mol. The monoisotopic (exact) mass is 311 g/mol. The normalized spacial score (nSPS) is 10.6. The molecule has 0 saturated heterocycles. The zero-order valence-electron chi connectivity index (χ0n) is 11.3. The number of H-pyrrole nitrogens is 1. The van der Waals surface area contributed by atoms with Crippen molar-refractivity contribution in [1.29, 1.82) is 0 Å². The lowest BCUT2D eigenvalue weighted by Crippen LogP contribution is -2.23. The Labute approximate surface area is 125 Å². The molecule has 0 aliphatic carbocycles. The van der Waals surface area contributed by atoms with E-state index in [2.05, 4.69) is 15.5 Å². The average molecular weight is 312 g/mol. The predicted molar refractivity (Wildman–Crippen MR) is 77.2 cm³/mol. The van der Waals surface area contributed by atoms with Gasteiger partial charge in [0.2, 0.25) is 0 Å². The fourth-order valence-corrected chi connectivity index (χ4v) is 2.15.